The van der Waals surface area contributed by atoms with Gasteiger partial charge in [0.2, 0.25) is 5.13 Å². The fraction of sp³-hybridized carbons (Fsp3) is 0.111. The van der Waals surface area contributed by atoms with Crippen LogP contribution in [0.4, 0.5) is 5.13 Å². The highest BCUT2D eigenvalue weighted by atomic mass is 32.1. The van der Waals surface area contributed by atoms with Crippen molar-refractivity contribution in [2.24, 2.45) is 5.10 Å². The van der Waals surface area contributed by atoms with Gasteiger partial charge in [0, 0.05) is 10.9 Å². The van der Waals surface area contributed by atoms with Crippen molar-refractivity contribution < 1.29 is 0 Å². The molecule has 0 saturated heterocycles. The van der Waals surface area contributed by atoms with E-state index < -0.39 is 0 Å². The minimum Gasteiger partial charge on any atom is -0.253 e. The van der Waals surface area contributed by atoms with Gasteiger partial charge in [-0.3, -0.25) is 5.43 Å². The zero-order chi connectivity index (χ0) is 15.4. The average Bonchev–Trinajstić information content (AvgIpc) is 2.99. The number of thiazole rings is 1. The summed E-state index contributed by atoms with van der Waals surface area (Å²) in [6.07, 6.45) is 1.80. The Morgan fingerprint density at radius 2 is 1.59 bits per heavy atom. The number of aryl methyl sites for hydroxylation is 2. The van der Waals surface area contributed by atoms with Crippen molar-refractivity contribution in [3.8, 4) is 11.3 Å². The van der Waals surface area contributed by atoms with E-state index in [1.54, 1.807) is 17.6 Å². The van der Waals surface area contributed by atoms with Crippen molar-refractivity contribution in [2.45, 2.75) is 13.8 Å². The normalized spacial score (nSPS) is 11.0. The second kappa shape index (κ2) is 6.54. The molecule has 0 aliphatic rings. The molecule has 0 amide bonds. The lowest BCUT2D eigenvalue weighted by Gasteiger charge is -1.97. The quantitative estimate of drug-likeness (QED) is 0.551. The highest BCUT2D eigenvalue weighted by molar-refractivity contribution is 7.14. The number of hydrogen-bond donors (Lipinski definition) is 1. The molecule has 0 radical (unpaired) electrons. The summed E-state index contributed by atoms with van der Waals surface area (Å²) in [4.78, 5) is 4.55. The molecule has 1 N–H and O–H groups in total. The molecule has 3 aromatic rings. The summed E-state index contributed by atoms with van der Waals surface area (Å²) in [6, 6.07) is 16.6. The van der Waals surface area contributed by atoms with E-state index >= 15 is 0 Å². The molecule has 0 bridgehead atoms. The van der Waals surface area contributed by atoms with Crippen molar-refractivity contribution in [1.29, 1.82) is 0 Å². The molecule has 2 aromatic carbocycles. The van der Waals surface area contributed by atoms with Gasteiger partial charge in [0.15, 0.2) is 0 Å². The average molecular weight is 307 g/mol. The lowest BCUT2D eigenvalue weighted by molar-refractivity contribution is 1.29. The molecule has 0 spiro atoms. The van der Waals surface area contributed by atoms with Crippen molar-refractivity contribution in [3.63, 3.8) is 0 Å². The Balaban J connectivity index is 1.66. The van der Waals surface area contributed by atoms with Gasteiger partial charge in [-0.1, -0.05) is 59.7 Å². The molecule has 1 heterocycles. The van der Waals surface area contributed by atoms with Gasteiger partial charge in [-0.15, -0.1) is 11.3 Å². The summed E-state index contributed by atoms with van der Waals surface area (Å²) in [5.74, 6) is 0. The van der Waals surface area contributed by atoms with Gasteiger partial charge in [0.1, 0.15) is 0 Å². The Bertz CT molecular complexity index is 771. The number of rotatable bonds is 4. The fourth-order valence-corrected chi connectivity index (χ4v) is 2.67. The standard InChI is InChI=1S/C18H17N3S/c1-13-3-7-15(8-4-13)11-19-21-18-20-17(12-22-18)16-9-5-14(2)6-10-16/h3-12H,1-2H3,(H,20,21)/b19-11-. The first-order valence-corrected chi connectivity index (χ1v) is 7.97. The maximum Gasteiger partial charge on any atom is 0.203 e. The zero-order valence-electron chi connectivity index (χ0n) is 12.6. The molecular weight excluding hydrogens is 290 g/mol. The number of hydrogen-bond acceptors (Lipinski definition) is 4. The number of benzene rings is 2. The first-order chi connectivity index (χ1) is 10.7. The number of anilines is 1. The van der Waals surface area contributed by atoms with Gasteiger partial charge < -0.3 is 0 Å². The predicted octanol–water partition coefficient (Wildman–Crippen LogP) is 4.87. The van der Waals surface area contributed by atoms with Crippen LogP contribution in [-0.4, -0.2) is 11.2 Å². The SMILES string of the molecule is Cc1ccc(/C=N\Nc2nc(-c3ccc(C)cc3)cs2)cc1. The van der Waals surface area contributed by atoms with Crippen LogP contribution in [-0.2, 0) is 0 Å². The molecule has 22 heavy (non-hydrogen) atoms. The number of hydrazone groups is 1. The second-order valence-electron chi connectivity index (χ2n) is 5.18. The molecule has 110 valence electrons. The van der Waals surface area contributed by atoms with E-state index in [1.807, 2.05) is 17.5 Å². The van der Waals surface area contributed by atoms with Crippen LogP contribution in [0, 0.1) is 13.8 Å². The number of aromatic nitrogens is 1. The first kappa shape index (κ1) is 14.5. The predicted molar refractivity (Wildman–Crippen MR) is 94.7 cm³/mol. The second-order valence-corrected chi connectivity index (χ2v) is 6.04. The summed E-state index contributed by atoms with van der Waals surface area (Å²) in [5.41, 5.74) is 8.64. The van der Waals surface area contributed by atoms with Crippen LogP contribution >= 0.6 is 11.3 Å². The monoisotopic (exact) mass is 307 g/mol. The minimum atomic E-state index is 0.791. The molecule has 3 rings (SSSR count). The van der Waals surface area contributed by atoms with Crippen LogP contribution in [0.5, 0.6) is 0 Å². The van der Waals surface area contributed by atoms with Gasteiger partial charge in [0.25, 0.3) is 0 Å². The van der Waals surface area contributed by atoms with Gasteiger partial charge in [-0.25, -0.2) is 4.98 Å². The largest absolute Gasteiger partial charge is 0.253 e. The Kier molecular flexibility index (Phi) is 4.30. The smallest absolute Gasteiger partial charge is 0.203 e. The van der Waals surface area contributed by atoms with Crippen LogP contribution < -0.4 is 5.43 Å². The van der Waals surface area contributed by atoms with Crippen LogP contribution in [0.2, 0.25) is 0 Å². The maximum absolute atomic E-state index is 4.55. The van der Waals surface area contributed by atoms with E-state index in [1.165, 1.54) is 11.1 Å². The Morgan fingerprint density at radius 3 is 2.27 bits per heavy atom. The summed E-state index contributed by atoms with van der Waals surface area (Å²) in [5, 5.41) is 7.06. The summed E-state index contributed by atoms with van der Waals surface area (Å²) >= 11 is 1.55. The third kappa shape index (κ3) is 3.59. The fourth-order valence-electron chi connectivity index (χ4n) is 2.00. The lowest BCUT2D eigenvalue weighted by Crippen LogP contribution is -1.90. The lowest BCUT2D eigenvalue weighted by atomic mass is 10.1. The molecule has 0 aliphatic heterocycles. The van der Waals surface area contributed by atoms with Gasteiger partial charge in [-0.2, -0.15) is 5.10 Å². The van der Waals surface area contributed by atoms with Gasteiger partial charge in [0.05, 0.1) is 11.9 Å². The molecule has 0 atom stereocenters. The van der Waals surface area contributed by atoms with E-state index in [-0.39, 0.29) is 0 Å². The molecule has 0 unspecified atom stereocenters. The minimum absolute atomic E-state index is 0.791. The van der Waals surface area contributed by atoms with Crippen molar-refractivity contribution in [2.75, 3.05) is 5.43 Å². The third-order valence-corrected chi connectivity index (χ3v) is 4.05. The van der Waals surface area contributed by atoms with Crippen LogP contribution in [0.1, 0.15) is 16.7 Å². The molecular formula is C18H17N3S. The Morgan fingerprint density at radius 1 is 0.955 bits per heavy atom. The molecule has 0 saturated carbocycles. The number of nitrogens with one attached hydrogen (secondary N) is 1. The topological polar surface area (TPSA) is 37.3 Å². The third-order valence-electron chi connectivity index (χ3n) is 3.30. The van der Waals surface area contributed by atoms with E-state index in [9.17, 15) is 0 Å². The molecule has 0 aliphatic carbocycles. The summed E-state index contributed by atoms with van der Waals surface area (Å²) < 4.78 is 0. The van der Waals surface area contributed by atoms with E-state index in [2.05, 4.69) is 65.8 Å². The summed E-state index contributed by atoms with van der Waals surface area (Å²) in [6.45, 7) is 4.15. The first-order valence-electron chi connectivity index (χ1n) is 7.09. The van der Waals surface area contributed by atoms with Crippen molar-refractivity contribution in [3.05, 3.63) is 70.6 Å². The van der Waals surface area contributed by atoms with Crippen LogP contribution in [0.15, 0.2) is 59.0 Å². The van der Waals surface area contributed by atoms with Crippen LogP contribution in [0.3, 0.4) is 0 Å². The molecule has 0 fully saturated rings. The van der Waals surface area contributed by atoms with Crippen LogP contribution in [0.25, 0.3) is 11.3 Å². The van der Waals surface area contributed by atoms with E-state index in [0.29, 0.717) is 0 Å². The highest BCUT2D eigenvalue weighted by Crippen LogP contribution is 2.25. The Hall–Kier alpha value is -2.46. The maximum atomic E-state index is 4.55. The van der Waals surface area contributed by atoms with E-state index in [4.69, 9.17) is 0 Å². The van der Waals surface area contributed by atoms with Gasteiger partial charge >= 0.3 is 0 Å². The molecule has 1 aromatic heterocycles. The van der Waals surface area contributed by atoms with Gasteiger partial charge in [-0.05, 0) is 19.4 Å². The van der Waals surface area contributed by atoms with Crippen molar-refractivity contribution in [1.82, 2.24) is 4.98 Å². The number of nitrogens with zero attached hydrogens (tertiary/aromatic N) is 2. The van der Waals surface area contributed by atoms with Crippen molar-refractivity contribution >= 4 is 22.7 Å². The highest BCUT2D eigenvalue weighted by Gasteiger charge is 2.03. The van der Waals surface area contributed by atoms with E-state index in [0.717, 1.165) is 22.0 Å². The Labute approximate surface area is 134 Å². The molecule has 4 heteroatoms. The summed E-state index contributed by atoms with van der Waals surface area (Å²) in [7, 11) is 0. The molecule has 3 nitrogen and oxygen atoms in total. The zero-order valence-corrected chi connectivity index (χ0v) is 13.4.